The van der Waals surface area contributed by atoms with E-state index in [1.54, 1.807) is 55.2 Å². The molecule has 4 atom stereocenters. The van der Waals surface area contributed by atoms with Crippen molar-refractivity contribution in [2.24, 2.45) is 5.92 Å². The zero-order valence-electron chi connectivity index (χ0n) is 24.0. The van der Waals surface area contributed by atoms with Crippen LogP contribution >= 0.6 is 0 Å². The summed E-state index contributed by atoms with van der Waals surface area (Å²) >= 11 is 0. The topological polar surface area (TPSA) is 122 Å². The number of nitro benzene ring substituents is 1. The van der Waals surface area contributed by atoms with E-state index in [2.05, 4.69) is 0 Å². The molecule has 3 aromatic carbocycles. The molecule has 1 N–H and O–H groups in total. The lowest BCUT2D eigenvalue weighted by atomic mass is 9.82. The van der Waals surface area contributed by atoms with Crippen molar-refractivity contribution in [1.29, 1.82) is 0 Å². The molecular weight excluding hydrogens is 573 g/mol. The number of ether oxygens (including phenoxy) is 2. The van der Waals surface area contributed by atoms with E-state index < -0.39 is 42.4 Å². The number of para-hydroxylation sites is 2. The number of fused-ring (bicyclic) bond motifs is 3. The number of hydrogen-bond acceptors (Lipinski definition) is 7. The molecule has 3 aliphatic heterocycles. The minimum atomic E-state index is -3.40. The highest BCUT2D eigenvalue weighted by Gasteiger charge is 2.66. The molecule has 0 radical (unpaired) electrons. The summed E-state index contributed by atoms with van der Waals surface area (Å²) in [6.07, 6.45) is -0.560. The Morgan fingerprint density at radius 3 is 2.49 bits per heavy atom. The number of nitrogens with zero attached hydrogens (tertiary/aromatic N) is 3. The van der Waals surface area contributed by atoms with Gasteiger partial charge in [0.15, 0.2) is 12.2 Å². The van der Waals surface area contributed by atoms with E-state index >= 15 is 4.11 Å². The minimum Gasteiger partial charge on any atom is -0.482 e. The Morgan fingerprint density at radius 1 is 1.09 bits per heavy atom. The normalized spacial score (nSPS) is 24.7. The summed E-state index contributed by atoms with van der Waals surface area (Å²) in [6, 6.07) is 18.7. The first kappa shape index (κ1) is 29.0. The van der Waals surface area contributed by atoms with Crippen molar-refractivity contribution < 1.29 is 33.2 Å². The standard InChI is InChI=1S/C31H32FN3O7Si/c1-19-29(43(2,3)32)27(14-15-36)42-31(19)23-16-22(35(39)40)12-13-24(23)33(30(31)38)17-20-8-10-21(11-9-20)34-25-6-4-5-7-26(25)41-18-28(34)37/h4-13,16,19,27,29,36H,14-15,17-18H2,1-3H3/t19-,27+,29-,31+/m1/s1. The third-order valence-corrected chi connectivity index (χ3v) is 11.3. The molecule has 12 heteroatoms. The summed E-state index contributed by atoms with van der Waals surface area (Å²) in [5.41, 5.74) is 0.416. The fourth-order valence-corrected chi connectivity index (χ4v) is 9.56. The van der Waals surface area contributed by atoms with Crippen molar-refractivity contribution in [2.45, 2.75) is 50.2 Å². The average molecular weight is 606 g/mol. The second kappa shape index (κ2) is 10.5. The molecule has 10 nitrogen and oxygen atoms in total. The van der Waals surface area contributed by atoms with E-state index in [-0.39, 0.29) is 37.8 Å². The van der Waals surface area contributed by atoms with Crippen molar-refractivity contribution in [3.8, 4) is 5.75 Å². The van der Waals surface area contributed by atoms with Crippen LogP contribution in [0.4, 0.5) is 26.9 Å². The molecule has 0 unspecified atom stereocenters. The number of aliphatic hydroxyl groups is 1. The Bertz CT molecular complexity index is 1610. The molecular formula is C31H32FN3O7Si. The van der Waals surface area contributed by atoms with Crippen molar-refractivity contribution in [2.75, 3.05) is 23.0 Å². The molecule has 1 spiro atoms. The number of carbonyl (C=O) groups is 2. The molecule has 3 heterocycles. The number of rotatable bonds is 7. The Hall–Kier alpha value is -4.13. The lowest BCUT2D eigenvalue weighted by Gasteiger charge is -2.31. The van der Waals surface area contributed by atoms with Gasteiger partial charge in [-0.3, -0.25) is 24.6 Å². The second-order valence-corrected chi connectivity index (χ2v) is 15.6. The van der Waals surface area contributed by atoms with Crippen molar-refractivity contribution in [1.82, 2.24) is 0 Å². The smallest absolute Gasteiger partial charge is 0.269 e. The van der Waals surface area contributed by atoms with Crippen LogP contribution in [0.15, 0.2) is 66.7 Å². The van der Waals surface area contributed by atoms with Gasteiger partial charge in [0, 0.05) is 41.4 Å². The van der Waals surface area contributed by atoms with E-state index in [4.69, 9.17) is 9.47 Å². The average Bonchev–Trinajstić information content (AvgIpc) is 3.40. The number of nitro groups is 1. The van der Waals surface area contributed by atoms with Crippen LogP contribution in [0.3, 0.4) is 0 Å². The van der Waals surface area contributed by atoms with Gasteiger partial charge in [-0.2, -0.15) is 0 Å². The maximum Gasteiger partial charge on any atom is 0.269 e. The van der Waals surface area contributed by atoms with Gasteiger partial charge >= 0.3 is 0 Å². The van der Waals surface area contributed by atoms with Crippen molar-refractivity contribution >= 4 is 43.0 Å². The monoisotopic (exact) mass is 605 g/mol. The summed E-state index contributed by atoms with van der Waals surface area (Å²) in [5, 5.41) is 21.5. The van der Waals surface area contributed by atoms with Crippen molar-refractivity contribution in [3.05, 3.63) is 88.0 Å². The van der Waals surface area contributed by atoms with E-state index in [0.717, 1.165) is 5.56 Å². The minimum absolute atomic E-state index is 0.0823. The quantitative estimate of drug-likeness (QED) is 0.167. The third kappa shape index (κ3) is 4.60. The molecule has 0 bridgehead atoms. The molecule has 224 valence electrons. The number of carbonyl (C=O) groups excluding carboxylic acids is 2. The number of halogens is 1. The van der Waals surface area contributed by atoms with Gasteiger partial charge in [0.25, 0.3) is 17.5 Å². The summed E-state index contributed by atoms with van der Waals surface area (Å²) in [4.78, 5) is 41.5. The van der Waals surface area contributed by atoms with Crippen LogP contribution in [0.25, 0.3) is 0 Å². The molecule has 2 amide bonds. The lowest BCUT2D eigenvalue weighted by Crippen LogP contribution is -2.45. The number of amides is 2. The molecule has 43 heavy (non-hydrogen) atoms. The molecule has 1 saturated heterocycles. The van der Waals surface area contributed by atoms with E-state index in [9.17, 15) is 24.8 Å². The fraction of sp³-hybridized carbons (Fsp3) is 0.355. The summed E-state index contributed by atoms with van der Waals surface area (Å²) < 4.78 is 27.7. The van der Waals surface area contributed by atoms with Gasteiger partial charge in [-0.15, -0.1) is 0 Å². The number of aliphatic hydroxyl groups excluding tert-OH is 1. The molecule has 3 aliphatic rings. The summed E-state index contributed by atoms with van der Waals surface area (Å²) in [6.45, 7) is 4.70. The zero-order chi connectivity index (χ0) is 30.7. The predicted octanol–water partition coefficient (Wildman–Crippen LogP) is 5.36. The highest BCUT2D eigenvalue weighted by atomic mass is 28.4. The van der Waals surface area contributed by atoms with Crippen LogP contribution in [0.2, 0.25) is 18.6 Å². The maximum absolute atomic E-state index is 15.7. The molecule has 0 saturated carbocycles. The predicted molar refractivity (Wildman–Crippen MR) is 160 cm³/mol. The summed E-state index contributed by atoms with van der Waals surface area (Å²) in [7, 11) is -3.40. The number of benzene rings is 3. The van der Waals surface area contributed by atoms with Gasteiger partial charge in [-0.25, -0.2) is 0 Å². The Kier molecular flexibility index (Phi) is 7.10. The van der Waals surface area contributed by atoms with Gasteiger partial charge in [0.2, 0.25) is 8.41 Å². The van der Waals surface area contributed by atoms with Gasteiger partial charge < -0.3 is 23.6 Å². The van der Waals surface area contributed by atoms with Crippen LogP contribution in [0.5, 0.6) is 5.75 Å². The largest absolute Gasteiger partial charge is 0.482 e. The Labute approximate surface area is 249 Å². The highest BCUT2D eigenvalue weighted by Crippen LogP contribution is 2.60. The van der Waals surface area contributed by atoms with Gasteiger partial charge in [-0.05, 0) is 55.4 Å². The Balaban J connectivity index is 1.37. The Morgan fingerprint density at radius 2 is 1.81 bits per heavy atom. The van der Waals surface area contributed by atoms with Crippen LogP contribution in [0, 0.1) is 16.0 Å². The molecule has 6 rings (SSSR count). The van der Waals surface area contributed by atoms with Crippen LogP contribution in [-0.2, 0) is 26.5 Å². The molecule has 1 fully saturated rings. The van der Waals surface area contributed by atoms with Crippen molar-refractivity contribution in [3.63, 3.8) is 0 Å². The van der Waals surface area contributed by atoms with Gasteiger partial charge in [0.05, 0.1) is 28.9 Å². The highest BCUT2D eigenvalue weighted by molar-refractivity contribution is 6.72. The molecule has 0 aliphatic carbocycles. The van der Waals surface area contributed by atoms with Crippen LogP contribution in [0.1, 0.15) is 24.5 Å². The number of hydrogen-bond donors (Lipinski definition) is 1. The van der Waals surface area contributed by atoms with E-state index in [1.165, 1.54) is 17.0 Å². The molecule has 3 aromatic rings. The second-order valence-electron chi connectivity index (χ2n) is 11.8. The van der Waals surface area contributed by atoms with E-state index in [1.807, 2.05) is 24.3 Å². The first-order valence-electron chi connectivity index (χ1n) is 14.2. The maximum atomic E-state index is 15.7. The lowest BCUT2D eigenvalue weighted by molar-refractivity contribution is -0.385. The number of non-ortho nitro benzene ring substituents is 1. The molecule has 0 aromatic heterocycles. The first-order valence-corrected chi connectivity index (χ1v) is 17.1. The first-order chi connectivity index (χ1) is 20.5. The van der Waals surface area contributed by atoms with E-state index in [0.29, 0.717) is 28.4 Å². The van der Waals surface area contributed by atoms with Crippen LogP contribution < -0.4 is 14.5 Å². The van der Waals surface area contributed by atoms with Crippen LogP contribution in [-0.4, -0.2) is 49.6 Å². The van der Waals surface area contributed by atoms with Gasteiger partial charge in [-0.1, -0.05) is 31.2 Å². The fourth-order valence-electron chi connectivity index (χ4n) is 7.02. The summed E-state index contributed by atoms with van der Waals surface area (Å²) in [5.74, 6) is -0.644. The zero-order valence-corrected chi connectivity index (χ0v) is 25.0. The van der Waals surface area contributed by atoms with Gasteiger partial charge in [0.1, 0.15) is 5.75 Å². The SMILES string of the molecule is C[C@@H]1[C@@H]([Si](C)(C)F)[C@H](CCO)O[C@@]12C(=O)N(Cc1ccc(N3C(=O)COc4ccccc43)cc1)c1ccc([N+](=O)[O-])cc12. The number of anilines is 3. The third-order valence-electron chi connectivity index (χ3n) is 8.81.